The van der Waals surface area contributed by atoms with Gasteiger partial charge < -0.3 is 21.5 Å². The molecule has 4 aliphatic carbocycles. The largest absolute Gasteiger partial charge is 0.481 e. The number of carboxylic acids is 1. The summed E-state index contributed by atoms with van der Waals surface area (Å²) in [7, 11) is 0. The Morgan fingerprint density at radius 1 is 0.973 bits per heavy atom. The number of nitrogens with one attached hydrogen (secondary N) is 2. The number of nitrogens with two attached hydrogens (primary N) is 1. The van der Waals surface area contributed by atoms with E-state index in [4.69, 9.17) is 10.8 Å². The molecule has 0 amide bonds. The maximum atomic E-state index is 10.8. The fraction of sp³-hybridized carbons (Fsp3) is 0.906. The predicted octanol–water partition coefficient (Wildman–Crippen LogP) is 6.28. The van der Waals surface area contributed by atoms with Gasteiger partial charge in [0.25, 0.3) is 0 Å². The van der Waals surface area contributed by atoms with Crippen molar-refractivity contribution in [3.8, 4) is 0 Å². The van der Waals surface area contributed by atoms with E-state index in [-0.39, 0.29) is 0 Å². The molecule has 0 aliphatic heterocycles. The summed E-state index contributed by atoms with van der Waals surface area (Å²) < 4.78 is 0. The van der Waals surface area contributed by atoms with E-state index in [0.717, 1.165) is 69.1 Å². The SMILES string of the molecule is CC12CCC(NCCCNCCCCN)CC1=CCC1C2CCC2(C)C(CCCCCC(=O)O)CCC12. The monoisotopic (exact) mass is 515 g/mol. The maximum Gasteiger partial charge on any atom is 0.303 e. The zero-order valence-electron chi connectivity index (χ0n) is 24.0. The molecule has 5 N–H and O–H groups in total. The average molecular weight is 516 g/mol. The van der Waals surface area contributed by atoms with Gasteiger partial charge >= 0.3 is 5.97 Å². The van der Waals surface area contributed by atoms with Gasteiger partial charge in [0.2, 0.25) is 0 Å². The quantitative estimate of drug-likeness (QED) is 0.152. The van der Waals surface area contributed by atoms with E-state index in [9.17, 15) is 4.79 Å². The first-order valence-corrected chi connectivity index (χ1v) is 15.9. The van der Waals surface area contributed by atoms with Crippen molar-refractivity contribution in [2.24, 2.45) is 40.2 Å². The lowest BCUT2D eigenvalue weighted by molar-refractivity contribution is -0.137. The number of allylic oxidation sites excluding steroid dienone is 1. The topological polar surface area (TPSA) is 87.4 Å². The molecule has 0 aromatic carbocycles. The van der Waals surface area contributed by atoms with E-state index in [0.29, 0.717) is 23.3 Å². The number of fused-ring (bicyclic) bond motifs is 5. The van der Waals surface area contributed by atoms with Crippen LogP contribution in [0.5, 0.6) is 0 Å². The minimum Gasteiger partial charge on any atom is -0.481 e. The van der Waals surface area contributed by atoms with E-state index < -0.39 is 5.97 Å². The molecule has 212 valence electrons. The molecule has 4 aliphatic rings. The van der Waals surface area contributed by atoms with Crippen LogP contribution in [0, 0.1) is 34.5 Å². The number of rotatable bonds is 15. The summed E-state index contributed by atoms with van der Waals surface area (Å²) in [6, 6.07) is 0.666. The van der Waals surface area contributed by atoms with Gasteiger partial charge in [0.05, 0.1) is 0 Å². The summed E-state index contributed by atoms with van der Waals surface area (Å²) in [6.45, 7) is 9.41. The minimum absolute atomic E-state index is 0.338. The van der Waals surface area contributed by atoms with Gasteiger partial charge in [0.15, 0.2) is 0 Å². The Hall–Kier alpha value is -0.910. The zero-order chi connectivity index (χ0) is 26.3. The van der Waals surface area contributed by atoms with Crippen molar-refractivity contribution < 1.29 is 9.90 Å². The van der Waals surface area contributed by atoms with Gasteiger partial charge in [0.1, 0.15) is 0 Å². The summed E-state index contributed by atoms with van der Waals surface area (Å²) in [5, 5.41) is 16.4. The molecule has 0 aromatic heterocycles. The highest BCUT2D eigenvalue weighted by Gasteiger charge is 2.58. The van der Waals surface area contributed by atoms with Crippen molar-refractivity contribution in [2.75, 3.05) is 26.2 Å². The summed E-state index contributed by atoms with van der Waals surface area (Å²) in [5.41, 5.74) is 8.31. The fourth-order valence-electron chi connectivity index (χ4n) is 9.30. The van der Waals surface area contributed by atoms with Gasteiger partial charge in [0, 0.05) is 12.5 Å². The van der Waals surface area contributed by atoms with Crippen LogP contribution in [0.3, 0.4) is 0 Å². The van der Waals surface area contributed by atoms with Crippen molar-refractivity contribution >= 4 is 5.97 Å². The molecular formula is C32H57N3O2. The van der Waals surface area contributed by atoms with Crippen molar-refractivity contribution in [3.05, 3.63) is 11.6 Å². The first-order valence-electron chi connectivity index (χ1n) is 15.9. The third-order valence-electron chi connectivity index (χ3n) is 11.5. The highest BCUT2D eigenvalue weighted by molar-refractivity contribution is 5.66. The van der Waals surface area contributed by atoms with Gasteiger partial charge in [-0.2, -0.15) is 0 Å². The summed E-state index contributed by atoms with van der Waals surface area (Å²) in [5.74, 6) is 2.89. The Morgan fingerprint density at radius 2 is 1.81 bits per heavy atom. The number of unbranched alkanes of at least 4 members (excludes halogenated alkanes) is 3. The number of carbonyl (C=O) groups is 1. The zero-order valence-corrected chi connectivity index (χ0v) is 24.0. The molecule has 0 heterocycles. The number of aliphatic carboxylic acids is 1. The van der Waals surface area contributed by atoms with E-state index in [2.05, 4.69) is 30.6 Å². The van der Waals surface area contributed by atoms with Gasteiger partial charge in [-0.1, -0.05) is 38.3 Å². The number of hydrogen-bond donors (Lipinski definition) is 4. The molecule has 7 unspecified atom stereocenters. The second-order valence-electron chi connectivity index (χ2n) is 13.6. The molecule has 5 heteroatoms. The van der Waals surface area contributed by atoms with Crippen LogP contribution >= 0.6 is 0 Å². The van der Waals surface area contributed by atoms with Gasteiger partial charge in [-0.05, 0) is 144 Å². The molecular weight excluding hydrogens is 458 g/mol. The second kappa shape index (κ2) is 13.4. The van der Waals surface area contributed by atoms with Crippen molar-refractivity contribution in [1.29, 1.82) is 0 Å². The normalized spacial score (nSPS) is 36.9. The van der Waals surface area contributed by atoms with Crippen molar-refractivity contribution in [3.63, 3.8) is 0 Å². The Bertz CT molecular complexity index is 769. The lowest BCUT2D eigenvalue weighted by Gasteiger charge is -2.58. The first kappa shape index (κ1) is 29.1. The van der Waals surface area contributed by atoms with Crippen LogP contribution in [0.15, 0.2) is 11.6 Å². The molecule has 0 aromatic rings. The van der Waals surface area contributed by atoms with E-state index >= 15 is 0 Å². The molecule has 3 fully saturated rings. The molecule has 5 nitrogen and oxygen atoms in total. The molecule has 7 atom stereocenters. The molecule has 0 radical (unpaired) electrons. The molecule has 0 bridgehead atoms. The fourth-order valence-corrected chi connectivity index (χ4v) is 9.30. The van der Waals surface area contributed by atoms with Crippen LogP contribution in [-0.4, -0.2) is 43.3 Å². The van der Waals surface area contributed by atoms with E-state index in [1.54, 1.807) is 5.57 Å². The van der Waals surface area contributed by atoms with Gasteiger partial charge in [-0.3, -0.25) is 4.79 Å². The Labute approximate surface area is 227 Å². The van der Waals surface area contributed by atoms with Crippen molar-refractivity contribution in [2.45, 2.75) is 123 Å². The molecule has 3 saturated carbocycles. The summed E-state index contributed by atoms with van der Waals surface area (Å²) >= 11 is 0. The smallest absolute Gasteiger partial charge is 0.303 e. The Kier molecular flexibility index (Phi) is 10.6. The lowest BCUT2D eigenvalue weighted by Crippen LogP contribution is -2.51. The van der Waals surface area contributed by atoms with E-state index in [1.165, 1.54) is 77.0 Å². The lowest BCUT2D eigenvalue weighted by atomic mass is 9.47. The van der Waals surface area contributed by atoms with E-state index in [1.807, 2.05) is 0 Å². The Balaban J connectivity index is 1.25. The summed E-state index contributed by atoms with van der Waals surface area (Å²) in [6.07, 6.45) is 22.0. The molecule has 4 rings (SSSR count). The summed E-state index contributed by atoms with van der Waals surface area (Å²) in [4.78, 5) is 10.8. The maximum absolute atomic E-state index is 10.8. The average Bonchev–Trinajstić information content (AvgIpc) is 3.21. The van der Waals surface area contributed by atoms with Gasteiger partial charge in [-0.15, -0.1) is 0 Å². The van der Waals surface area contributed by atoms with Crippen LogP contribution in [0.2, 0.25) is 0 Å². The van der Waals surface area contributed by atoms with Crippen molar-refractivity contribution in [1.82, 2.24) is 10.6 Å². The predicted molar refractivity (Wildman–Crippen MR) is 153 cm³/mol. The minimum atomic E-state index is -0.642. The van der Waals surface area contributed by atoms with Crippen LogP contribution in [-0.2, 0) is 4.79 Å². The van der Waals surface area contributed by atoms with Crippen LogP contribution < -0.4 is 16.4 Å². The molecule has 0 saturated heterocycles. The highest BCUT2D eigenvalue weighted by Crippen LogP contribution is 2.66. The number of carboxylic acid groups (broad SMARTS) is 1. The number of hydrogen-bond acceptors (Lipinski definition) is 4. The standard InChI is InChI=1S/C32H57N3O2/c1-31-18-16-29-27(28(31)14-12-24(31)9-4-3-5-10-30(36)37)13-11-25-23-26(15-17-32(25,29)2)35-22-8-21-34-20-7-6-19-33/h11,24,26-29,34-35H,3-10,12-23,33H2,1-2H3,(H,36,37). The molecule has 0 spiro atoms. The van der Waals surface area contributed by atoms with Crippen LogP contribution in [0.1, 0.15) is 117 Å². The van der Waals surface area contributed by atoms with Crippen LogP contribution in [0.4, 0.5) is 0 Å². The van der Waals surface area contributed by atoms with Gasteiger partial charge in [-0.25, -0.2) is 0 Å². The first-order chi connectivity index (χ1) is 17.9. The third-order valence-corrected chi connectivity index (χ3v) is 11.5. The highest BCUT2D eigenvalue weighted by atomic mass is 16.4. The second-order valence-corrected chi connectivity index (χ2v) is 13.6. The molecule has 37 heavy (non-hydrogen) atoms. The Morgan fingerprint density at radius 3 is 2.62 bits per heavy atom. The van der Waals surface area contributed by atoms with Crippen LogP contribution in [0.25, 0.3) is 0 Å². The third kappa shape index (κ3) is 6.81.